The molecule has 3 rings (SSSR count). The molecule has 0 aliphatic carbocycles. The summed E-state index contributed by atoms with van der Waals surface area (Å²) in [6.07, 6.45) is 0. The van der Waals surface area contributed by atoms with Gasteiger partial charge in [-0.15, -0.1) is 0 Å². The minimum absolute atomic E-state index is 0.150. The molecular weight excluding hydrogens is 286 g/mol. The lowest BCUT2D eigenvalue weighted by molar-refractivity contribution is -0.117. The highest BCUT2D eigenvalue weighted by molar-refractivity contribution is 5.92. The summed E-state index contributed by atoms with van der Waals surface area (Å²) in [5.41, 5.74) is 3.69. The number of amides is 1. The normalized spacial score (nSPS) is 10.7. The molecule has 0 spiro atoms. The molecule has 1 heterocycles. The van der Waals surface area contributed by atoms with E-state index in [1.807, 2.05) is 36.4 Å². The Hall–Kier alpha value is -2.88. The van der Waals surface area contributed by atoms with E-state index < -0.39 is 0 Å². The average Bonchev–Trinajstić information content (AvgIpc) is 2.91. The van der Waals surface area contributed by atoms with E-state index in [0.717, 1.165) is 23.4 Å². The van der Waals surface area contributed by atoms with Crippen LogP contribution in [0.2, 0.25) is 0 Å². The molecule has 4 heteroatoms. The monoisotopic (exact) mass is 305 g/mol. The summed E-state index contributed by atoms with van der Waals surface area (Å²) in [5.74, 6) is 0.688. The van der Waals surface area contributed by atoms with Crippen molar-refractivity contribution >= 4 is 16.9 Å². The summed E-state index contributed by atoms with van der Waals surface area (Å²) in [7, 11) is 0. The summed E-state index contributed by atoms with van der Waals surface area (Å²) in [6, 6.07) is 18.2. The number of hydrogen-bond donors (Lipinski definition) is 1. The second-order valence-corrected chi connectivity index (χ2v) is 5.55. The highest BCUT2D eigenvalue weighted by Crippen LogP contribution is 2.18. The molecule has 0 saturated heterocycles. The molecule has 0 saturated carbocycles. The van der Waals surface area contributed by atoms with Gasteiger partial charge in [0.25, 0.3) is 0 Å². The molecule has 0 unspecified atom stereocenters. The van der Waals surface area contributed by atoms with E-state index in [9.17, 15) is 4.79 Å². The Morgan fingerprint density at radius 3 is 2.57 bits per heavy atom. The zero-order chi connectivity index (χ0) is 16.2. The summed E-state index contributed by atoms with van der Waals surface area (Å²) in [6.45, 7) is 6.46. The van der Waals surface area contributed by atoms with E-state index in [1.54, 1.807) is 6.92 Å². The van der Waals surface area contributed by atoms with Crippen molar-refractivity contribution in [3.05, 3.63) is 78.1 Å². The van der Waals surface area contributed by atoms with E-state index in [1.165, 1.54) is 5.56 Å². The number of imidazole rings is 1. The van der Waals surface area contributed by atoms with Crippen molar-refractivity contribution in [2.24, 2.45) is 0 Å². The van der Waals surface area contributed by atoms with Crippen molar-refractivity contribution < 1.29 is 4.79 Å². The smallest absolute Gasteiger partial charge is 0.246 e. The summed E-state index contributed by atoms with van der Waals surface area (Å²) < 4.78 is 2.14. The Labute approximate surface area is 135 Å². The SMILES string of the molecule is C=C(C)C(=O)NCc1nc2ccccc2n1Cc1ccccc1. The lowest BCUT2D eigenvalue weighted by atomic mass is 10.2. The van der Waals surface area contributed by atoms with E-state index >= 15 is 0 Å². The third-order valence-corrected chi connectivity index (χ3v) is 3.71. The van der Waals surface area contributed by atoms with Crippen LogP contribution in [0.1, 0.15) is 18.3 Å². The van der Waals surface area contributed by atoms with Gasteiger partial charge < -0.3 is 9.88 Å². The molecular formula is C19H19N3O. The molecule has 0 fully saturated rings. The Kier molecular flexibility index (Phi) is 4.24. The first kappa shape index (κ1) is 15.0. The Morgan fingerprint density at radius 2 is 1.83 bits per heavy atom. The first-order valence-corrected chi connectivity index (χ1v) is 7.57. The van der Waals surface area contributed by atoms with Gasteiger partial charge >= 0.3 is 0 Å². The zero-order valence-electron chi connectivity index (χ0n) is 13.1. The zero-order valence-corrected chi connectivity index (χ0v) is 13.1. The molecule has 116 valence electrons. The minimum atomic E-state index is -0.150. The average molecular weight is 305 g/mol. The second kappa shape index (κ2) is 6.48. The van der Waals surface area contributed by atoms with Crippen molar-refractivity contribution in [3.8, 4) is 0 Å². The number of rotatable bonds is 5. The maximum absolute atomic E-state index is 11.8. The molecule has 2 aromatic carbocycles. The summed E-state index contributed by atoms with van der Waals surface area (Å²) in [4.78, 5) is 16.4. The van der Waals surface area contributed by atoms with Gasteiger partial charge in [-0.25, -0.2) is 4.98 Å². The van der Waals surface area contributed by atoms with Gasteiger partial charge in [0.2, 0.25) is 5.91 Å². The first-order chi connectivity index (χ1) is 11.1. The van der Waals surface area contributed by atoms with Crippen LogP contribution in [0.3, 0.4) is 0 Å². The summed E-state index contributed by atoms with van der Waals surface area (Å²) in [5, 5.41) is 2.86. The van der Waals surface area contributed by atoms with Gasteiger partial charge in [0.1, 0.15) is 5.82 Å². The van der Waals surface area contributed by atoms with Crippen LogP contribution in [0.5, 0.6) is 0 Å². The van der Waals surface area contributed by atoms with Gasteiger partial charge in [-0.1, -0.05) is 49.0 Å². The van der Waals surface area contributed by atoms with Crippen LogP contribution in [0, 0.1) is 0 Å². The van der Waals surface area contributed by atoms with Crippen LogP contribution in [-0.4, -0.2) is 15.5 Å². The maximum atomic E-state index is 11.8. The number of para-hydroxylation sites is 2. The number of benzene rings is 2. The quantitative estimate of drug-likeness (QED) is 0.735. The van der Waals surface area contributed by atoms with Crippen LogP contribution >= 0.6 is 0 Å². The standard InChI is InChI=1S/C19H19N3O/c1-14(2)19(23)20-12-18-21-16-10-6-7-11-17(16)22(18)13-15-8-4-3-5-9-15/h3-11H,1,12-13H2,2H3,(H,20,23). The molecule has 0 atom stereocenters. The van der Waals surface area contributed by atoms with Gasteiger partial charge in [-0.2, -0.15) is 0 Å². The van der Waals surface area contributed by atoms with Gasteiger partial charge in [0.05, 0.1) is 17.6 Å². The van der Waals surface area contributed by atoms with Crippen molar-refractivity contribution in [3.63, 3.8) is 0 Å². The van der Waals surface area contributed by atoms with E-state index in [2.05, 4.69) is 39.6 Å². The fourth-order valence-corrected chi connectivity index (χ4v) is 2.51. The molecule has 4 nitrogen and oxygen atoms in total. The van der Waals surface area contributed by atoms with Crippen LogP contribution in [0.25, 0.3) is 11.0 Å². The molecule has 23 heavy (non-hydrogen) atoms. The second-order valence-electron chi connectivity index (χ2n) is 5.55. The highest BCUT2D eigenvalue weighted by Gasteiger charge is 2.12. The van der Waals surface area contributed by atoms with Crippen LogP contribution in [0.4, 0.5) is 0 Å². The number of carbonyl (C=O) groups excluding carboxylic acids is 1. The first-order valence-electron chi connectivity index (χ1n) is 7.57. The molecule has 0 aliphatic heterocycles. The van der Waals surface area contributed by atoms with E-state index in [0.29, 0.717) is 12.1 Å². The molecule has 0 radical (unpaired) electrons. The van der Waals surface area contributed by atoms with Gasteiger partial charge in [0, 0.05) is 12.1 Å². The number of fused-ring (bicyclic) bond motifs is 1. The molecule has 1 N–H and O–H groups in total. The summed E-state index contributed by atoms with van der Waals surface area (Å²) >= 11 is 0. The predicted molar refractivity (Wildman–Crippen MR) is 91.9 cm³/mol. The molecule has 1 amide bonds. The Morgan fingerprint density at radius 1 is 1.13 bits per heavy atom. The Bertz CT molecular complexity index is 849. The van der Waals surface area contributed by atoms with Crippen LogP contribution in [0.15, 0.2) is 66.7 Å². The van der Waals surface area contributed by atoms with Crippen molar-refractivity contribution in [2.75, 3.05) is 0 Å². The van der Waals surface area contributed by atoms with Gasteiger partial charge in [-0.05, 0) is 24.6 Å². The van der Waals surface area contributed by atoms with Crippen LogP contribution in [-0.2, 0) is 17.9 Å². The fourth-order valence-electron chi connectivity index (χ4n) is 2.51. The largest absolute Gasteiger partial charge is 0.345 e. The minimum Gasteiger partial charge on any atom is -0.345 e. The highest BCUT2D eigenvalue weighted by atomic mass is 16.1. The lowest BCUT2D eigenvalue weighted by Crippen LogP contribution is -2.25. The van der Waals surface area contributed by atoms with Crippen molar-refractivity contribution in [1.29, 1.82) is 0 Å². The number of hydrogen-bond acceptors (Lipinski definition) is 2. The number of aromatic nitrogens is 2. The predicted octanol–water partition coefficient (Wildman–Crippen LogP) is 3.28. The van der Waals surface area contributed by atoms with Crippen LogP contribution < -0.4 is 5.32 Å². The van der Waals surface area contributed by atoms with E-state index in [-0.39, 0.29) is 5.91 Å². The van der Waals surface area contributed by atoms with Gasteiger partial charge in [0.15, 0.2) is 0 Å². The molecule has 3 aromatic rings. The topological polar surface area (TPSA) is 46.9 Å². The van der Waals surface area contributed by atoms with Crippen molar-refractivity contribution in [1.82, 2.24) is 14.9 Å². The van der Waals surface area contributed by atoms with Gasteiger partial charge in [-0.3, -0.25) is 4.79 Å². The molecule has 0 aliphatic rings. The fraction of sp³-hybridized carbons (Fsp3) is 0.158. The molecule has 0 bridgehead atoms. The number of nitrogens with one attached hydrogen (secondary N) is 1. The third kappa shape index (κ3) is 3.31. The number of carbonyl (C=O) groups is 1. The maximum Gasteiger partial charge on any atom is 0.246 e. The Balaban J connectivity index is 1.94. The molecule has 1 aromatic heterocycles. The number of nitrogens with zero attached hydrogens (tertiary/aromatic N) is 2. The van der Waals surface area contributed by atoms with E-state index in [4.69, 9.17) is 0 Å². The van der Waals surface area contributed by atoms with Crippen molar-refractivity contribution in [2.45, 2.75) is 20.0 Å². The lowest BCUT2D eigenvalue weighted by Gasteiger charge is -2.10. The third-order valence-electron chi connectivity index (χ3n) is 3.71.